The van der Waals surface area contributed by atoms with E-state index in [4.69, 9.17) is 20.8 Å². The van der Waals surface area contributed by atoms with Crippen LogP contribution in [0, 0.1) is 0 Å². The molecule has 0 aliphatic rings. The molecule has 1 aromatic heterocycles. The van der Waals surface area contributed by atoms with E-state index in [0.717, 1.165) is 5.56 Å². The molecule has 0 aliphatic carbocycles. The first kappa shape index (κ1) is 17.8. The number of amides is 1. The summed E-state index contributed by atoms with van der Waals surface area (Å²) in [5, 5.41) is 3.33. The number of esters is 1. The van der Waals surface area contributed by atoms with Crippen LogP contribution in [0.15, 0.2) is 65.1 Å². The van der Waals surface area contributed by atoms with Crippen molar-refractivity contribution in [1.82, 2.24) is 0 Å². The Morgan fingerprint density at radius 3 is 2.58 bits per heavy atom. The van der Waals surface area contributed by atoms with Gasteiger partial charge in [-0.25, -0.2) is 4.79 Å². The highest BCUT2D eigenvalue weighted by Crippen LogP contribution is 2.24. The van der Waals surface area contributed by atoms with Crippen LogP contribution in [0.2, 0.25) is 5.02 Å². The Morgan fingerprint density at radius 1 is 1.08 bits per heavy atom. The summed E-state index contributed by atoms with van der Waals surface area (Å²) in [5.41, 5.74) is 1.66. The summed E-state index contributed by atoms with van der Waals surface area (Å²) in [6, 6.07) is 17.0. The van der Waals surface area contributed by atoms with E-state index in [1.54, 1.807) is 55.5 Å². The predicted molar refractivity (Wildman–Crippen MR) is 99.5 cm³/mol. The monoisotopic (exact) mass is 369 g/mol. The lowest BCUT2D eigenvalue weighted by Gasteiger charge is -2.06. The molecule has 0 saturated carbocycles. The van der Waals surface area contributed by atoms with Gasteiger partial charge in [0, 0.05) is 16.3 Å². The number of anilines is 1. The van der Waals surface area contributed by atoms with Crippen LogP contribution in [-0.4, -0.2) is 18.5 Å². The molecule has 2 aromatic carbocycles. The van der Waals surface area contributed by atoms with Gasteiger partial charge in [-0.2, -0.15) is 0 Å². The van der Waals surface area contributed by atoms with Crippen molar-refractivity contribution in [2.24, 2.45) is 0 Å². The van der Waals surface area contributed by atoms with Gasteiger partial charge in [-0.3, -0.25) is 4.79 Å². The number of carbonyl (C=O) groups excluding carboxylic acids is 2. The van der Waals surface area contributed by atoms with Gasteiger partial charge in [0.25, 0.3) is 5.91 Å². The summed E-state index contributed by atoms with van der Waals surface area (Å²) >= 11 is 5.87. The minimum Gasteiger partial charge on any atom is -0.462 e. The molecule has 1 heterocycles. The normalized spacial score (nSPS) is 10.4. The fraction of sp³-hybridized carbons (Fsp3) is 0.100. The molecule has 0 saturated heterocycles. The van der Waals surface area contributed by atoms with E-state index < -0.39 is 11.9 Å². The molecule has 0 fully saturated rings. The molecular weight excluding hydrogens is 354 g/mol. The van der Waals surface area contributed by atoms with Crippen molar-refractivity contribution < 1.29 is 18.7 Å². The van der Waals surface area contributed by atoms with E-state index in [-0.39, 0.29) is 12.4 Å². The topological polar surface area (TPSA) is 68.5 Å². The summed E-state index contributed by atoms with van der Waals surface area (Å²) in [5.74, 6) is -0.124. The number of hydrogen-bond donors (Lipinski definition) is 1. The number of halogens is 1. The van der Waals surface area contributed by atoms with E-state index in [0.29, 0.717) is 22.0 Å². The fourth-order valence-electron chi connectivity index (χ4n) is 2.36. The van der Waals surface area contributed by atoms with Crippen molar-refractivity contribution in [3.8, 4) is 11.3 Å². The van der Waals surface area contributed by atoms with Crippen LogP contribution >= 0.6 is 11.6 Å². The molecule has 3 aromatic rings. The summed E-state index contributed by atoms with van der Waals surface area (Å²) in [6.07, 6.45) is 0. The zero-order chi connectivity index (χ0) is 18.5. The molecule has 0 unspecified atom stereocenters. The standard InChI is InChI=1S/C20H16ClNO4/c1-2-25-20(24)14-4-3-5-16(12-14)22-19(23)18-11-10-17(26-18)13-6-8-15(21)9-7-13/h3-12H,2H2,1H3,(H,22,23). The zero-order valence-corrected chi connectivity index (χ0v) is 14.7. The molecule has 6 heteroatoms. The molecule has 1 N–H and O–H groups in total. The third-order valence-corrected chi connectivity index (χ3v) is 3.84. The van der Waals surface area contributed by atoms with Gasteiger partial charge in [-0.15, -0.1) is 0 Å². The second kappa shape index (κ2) is 7.89. The number of nitrogens with one attached hydrogen (secondary N) is 1. The maximum Gasteiger partial charge on any atom is 0.338 e. The van der Waals surface area contributed by atoms with Crippen LogP contribution in [0.5, 0.6) is 0 Å². The molecule has 5 nitrogen and oxygen atoms in total. The number of ether oxygens (including phenoxy) is 1. The number of benzene rings is 2. The smallest absolute Gasteiger partial charge is 0.338 e. The summed E-state index contributed by atoms with van der Waals surface area (Å²) in [4.78, 5) is 24.2. The number of furan rings is 1. The average molecular weight is 370 g/mol. The highest BCUT2D eigenvalue weighted by atomic mass is 35.5. The quantitative estimate of drug-likeness (QED) is 0.640. The second-order valence-electron chi connectivity index (χ2n) is 5.43. The SMILES string of the molecule is CCOC(=O)c1cccc(NC(=O)c2ccc(-c3ccc(Cl)cc3)o2)c1. The molecule has 0 bridgehead atoms. The van der Waals surface area contributed by atoms with Crippen molar-refractivity contribution in [3.63, 3.8) is 0 Å². The molecular formula is C20H16ClNO4. The summed E-state index contributed by atoms with van der Waals surface area (Å²) in [6.45, 7) is 2.02. The molecule has 0 aliphatic heterocycles. The van der Waals surface area contributed by atoms with Crippen molar-refractivity contribution in [1.29, 1.82) is 0 Å². The van der Waals surface area contributed by atoms with E-state index >= 15 is 0 Å². The maximum atomic E-state index is 12.4. The van der Waals surface area contributed by atoms with Gasteiger partial charge in [0.2, 0.25) is 0 Å². The Labute approximate surface area is 155 Å². The maximum absolute atomic E-state index is 12.4. The average Bonchev–Trinajstić information content (AvgIpc) is 3.13. The Morgan fingerprint density at radius 2 is 1.85 bits per heavy atom. The van der Waals surface area contributed by atoms with Gasteiger partial charge in [-0.05, 0) is 61.5 Å². The Bertz CT molecular complexity index is 931. The van der Waals surface area contributed by atoms with Crippen molar-refractivity contribution in [2.75, 3.05) is 11.9 Å². The first-order valence-electron chi connectivity index (χ1n) is 8.01. The van der Waals surface area contributed by atoms with Gasteiger partial charge in [0.1, 0.15) is 5.76 Å². The first-order chi connectivity index (χ1) is 12.6. The Kier molecular flexibility index (Phi) is 5.39. The molecule has 0 radical (unpaired) electrons. The lowest BCUT2D eigenvalue weighted by molar-refractivity contribution is 0.0526. The van der Waals surface area contributed by atoms with E-state index in [2.05, 4.69) is 5.32 Å². The Hall–Kier alpha value is -3.05. The van der Waals surface area contributed by atoms with Crippen LogP contribution in [0.3, 0.4) is 0 Å². The summed E-state index contributed by atoms with van der Waals surface area (Å²) < 4.78 is 10.6. The molecule has 1 amide bonds. The minimum absolute atomic E-state index is 0.163. The zero-order valence-electron chi connectivity index (χ0n) is 14.0. The molecule has 0 spiro atoms. The second-order valence-corrected chi connectivity index (χ2v) is 5.86. The minimum atomic E-state index is -0.438. The molecule has 132 valence electrons. The lowest BCUT2D eigenvalue weighted by atomic mass is 10.2. The predicted octanol–water partition coefficient (Wildman–Crippen LogP) is 5.03. The third-order valence-electron chi connectivity index (χ3n) is 3.59. The third kappa shape index (κ3) is 4.13. The van der Waals surface area contributed by atoms with Crippen LogP contribution < -0.4 is 5.32 Å². The van der Waals surface area contributed by atoms with E-state index in [1.165, 1.54) is 0 Å². The van der Waals surface area contributed by atoms with Gasteiger partial charge in [-0.1, -0.05) is 17.7 Å². The van der Waals surface area contributed by atoms with Crippen LogP contribution in [0.25, 0.3) is 11.3 Å². The highest BCUT2D eigenvalue weighted by Gasteiger charge is 2.14. The molecule has 26 heavy (non-hydrogen) atoms. The highest BCUT2D eigenvalue weighted by molar-refractivity contribution is 6.30. The van der Waals surface area contributed by atoms with Crippen molar-refractivity contribution >= 4 is 29.2 Å². The summed E-state index contributed by atoms with van der Waals surface area (Å²) in [7, 11) is 0. The van der Waals surface area contributed by atoms with E-state index in [1.807, 2.05) is 12.1 Å². The molecule has 0 atom stereocenters. The lowest BCUT2D eigenvalue weighted by Crippen LogP contribution is -2.12. The van der Waals surface area contributed by atoms with Gasteiger partial charge in [0.15, 0.2) is 5.76 Å². The van der Waals surface area contributed by atoms with Gasteiger partial charge >= 0.3 is 5.97 Å². The number of hydrogen-bond acceptors (Lipinski definition) is 4. The first-order valence-corrected chi connectivity index (χ1v) is 8.39. The number of carbonyl (C=O) groups is 2. The van der Waals surface area contributed by atoms with E-state index in [9.17, 15) is 9.59 Å². The fourth-order valence-corrected chi connectivity index (χ4v) is 2.49. The number of rotatable bonds is 5. The van der Waals surface area contributed by atoms with Crippen LogP contribution in [-0.2, 0) is 4.74 Å². The van der Waals surface area contributed by atoms with Gasteiger partial charge < -0.3 is 14.5 Å². The van der Waals surface area contributed by atoms with Gasteiger partial charge in [0.05, 0.1) is 12.2 Å². The molecule has 3 rings (SSSR count). The van der Waals surface area contributed by atoms with Crippen molar-refractivity contribution in [2.45, 2.75) is 6.92 Å². The Balaban J connectivity index is 1.74. The van der Waals surface area contributed by atoms with Crippen molar-refractivity contribution in [3.05, 3.63) is 77.0 Å². The van der Waals surface area contributed by atoms with Crippen LogP contribution in [0.4, 0.5) is 5.69 Å². The van der Waals surface area contributed by atoms with Crippen LogP contribution in [0.1, 0.15) is 27.8 Å². The largest absolute Gasteiger partial charge is 0.462 e.